The van der Waals surface area contributed by atoms with Crippen molar-refractivity contribution in [3.05, 3.63) is 0 Å². The zero-order valence-corrected chi connectivity index (χ0v) is 11.3. The summed E-state index contributed by atoms with van der Waals surface area (Å²) >= 11 is 0. The molecule has 1 fully saturated rings. The van der Waals surface area contributed by atoms with E-state index in [1.807, 2.05) is 20.8 Å². The second kappa shape index (κ2) is 6.16. The summed E-state index contributed by atoms with van der Waals surface area (Å²) in [6, 6.07) is 0. The predicted octanol–water partition coefficient (Wildman–Crippen LogP) is 2.56. The molecule has 1 atom stereocenters. The lowest BCUT2D eigenvalue weighted by atomic mass is 9.92. The van der Waals surface area contributed by atoms with Crippen molar-refractivity contribution in [1.29, 1.82) is 0 Å². The second-order valence-electron chi connectivity index (χ2n) is 5.80. The molecule has 104 valence electrons. The van der Waals surface area contributed by atoms with Gasteiger partial charge in [-0.25, -0.2) is 9.18 Å². The molecule has 1 heterocycles. The van der Waals surface area contributed by atoms with Gasteiger partial charge in [-0.3, -0.25) is 0 Å². The number of likely N-dealkylation sites (tertiary alicyclic amines) is 1. The Bertz CT molecular complexity index is 293. The Hall–Kier alpha value is -1.13. The molecule has 0 N–H and O–H groups in total. The van der Waals surface area contributed by atoms with Gasteiger partial charge in [-0.2, -0.15) is 0 Å². The molecule has 0 saturated carbocycles. The Kier molecular flexibility index (Phi) is 5.11. The van der Waals surface area contributed by atoms with E-state index in [0.717, 1.165) is 12.8 Å². The number of hydrogen-bond acceptors (Lipinski definition) is 3. The number of alkyl halides is 1. The van der Waals surface area contributed by atoms with Crippen LogP contribution in [0.1, 0.15) is 40.0 Å². The minimum Gasteiger partial charge on any atom is -0.444 e. The number of ether oxygens (including phenoxy) is 1. The Labute approximate surface area is 107 Å². The van der Waals surface area contributed by atoms with Crippen molar-refractivity contribution in [2.45, 2.75) is 51.8 Å². The number of nitrogens with zero attached hydrogens (tertiary/aromatic N) is 1. The van der Waals surface area contributed by atoms with Crippen LogP contribution in [0.25, 0.3) is 0 Å². The predicted molar refractivity (Wildman–Crippen MR) is 66.1 cm³/mol. The summed E-state index contributed by atoms with van der Waals surface area (Å²) in [5.41, 5.74) is -0.491. The quantitative estimate of drug-likeness (QED) is 0.732. The van der Waals surface area contributed by atoms with Crippen molar-refractivity contribution in [3.8, 4) is 0 Å². The monoisotopic (exact) mass is 259 g/mol. The van der Waals surface area contributed by atoms with Crippen molar-refractivity contribution >= 4 is 12.4 Å². The van der Waals surface area contributed by atoms with Crippen LogP contribution in [-0.4, -0.2) is 42.1 Å². The van der Waals surface area contributed by atoms with Gasteiger partial charge in [0, 0.05) is 13.1 Å². The van der Waals surface area contributed by atoms with Crippen LogP contribution < -0.4 is 0 Å². The number of hydrogen-bond donors (Lipinski definition) is 0. The maximum absolute atomic E-state index is 12.9. The number of carbonyl (C=O) groups excluding carboxylic acids is 2. The Balaban J connectivity index is 2.35. The number of halogens is 1. The Morgan fingerprint density at radius 3 is 2.44 bits per heavy atom. The fourth-order valence-electron chi connectivity index (χ4n) is 2.05. The average Bonchev–Trinajstić information content (AvgIpc) is 2.27. The minimum atomic E-state index is -1.37. The van der Waals surface area contributed by atoms with Gasteiger partial charge in [0.05, 0.1) is 0 Å². The summed E-state index contributed by atoms with van der Waals surface area (Å²) in [5, 5.41) is 0. The molecule has 0 spiro atoms. The van der Waals surface area contributed by atoms with E-state index in [0.29, 0.717) is 19.4 Å². The third-order valence-electron chi connectivity index (χ3n) is 2.97. The van der Waals surface area contributed by atoms with Crippen LogP contribution in [0, 0.1) is 5.92 Å². The normalized spacial score (nSPS) is 19.4. The third kappa shape index (κ3) is 5.02. The molecule has 1 rings (SSSR count). The van der Waals surface area contributed by atoms with Crippen LogP contribution in [0.2, 0.25) is 0 Å². The molecule has 18 heavy (non-hydrogen) atoms. The smallest absolute Gasteiger partial charge is 0.410 e. The number of rotatable bonds is 3. The molecule has 1 amide bonds. The Morgan fingerprint density at radius 2 is 2.00 bits per heavy atom. The van der Waals surface area contributed by atoms with Crippen molar-refractivity contribution in [3.63, 3.8) is 0 Å². The largest absolute Gasteiger partial charge is 0.444 e. The van der Waals surface area contributed by atoms with Crippen LogP contribution in [0.5, 0.6) is 0 Å². The van der Waals surface area contributed by atoms with Crippen LogP contribution in [0.4, 0.5) is 9.18 Å². The van der Waals surface area contributed by atoms with E-state index in [9.17, 15) is 14.0 Å². The number of piperidine rings is 1. The molecule has 0 aromatic rings. The third-order valence-corrected chi connectivity index (χ3v) is 2.97. The molecule has 1 aliphatic rings. The van der Waals surface area contributed by atoms with Crippen molar-refractivity contribution < 1.29 is 18.7 Å². The molecule has 1 aliphatic heterocycles. The summed E-state index contributed by atoms with van der Waals surface area (Å²) in [6.07, 6.45) is 0.392. The van der Waals surface area contributed by atoms with Gasteiger partial charge < -0.3 is 14.4 Å². The molecule has 4 nitrogen and oxygen atoms in total. The van der Waals surface area contributed by atoms with E-state index in [1.165, 1.54) is 0 Å². The fraction of sp³-hybridized carbons (Fsp3) is 0.846. The first-order valence-corrected chi connectivity index (χ1v) is 6.39. The molecule has 0 aromatic carbocycles. The first-order valence-electron chi connectivity index (χ1n) is 6.39. The summed E-state index contributed by atoms with van der Waals surface area (Å²) in [6.45, 7) is 6.64. The molecular formula is C13H22FNO3. The van der Waals surface area contributed by atoms with Gasteiger partial charge in [-0.15, -0.1) is 0 Å². The lowest BCUT2D eigenvalue weighted by molar-refractivity contribution is -0.112. The van der Waals surface area contributed by atoms with Crippen molar-refractivity contribution in [2.24, 2.45) is 5.92 Å². The van der Waals surface area contributed by atoms with Gasteiger partial charge in [0.2, 0.25) is 0 Å². The van der Waals surface area contributed by atoms with Gasteiger partial charge in [0.25, 0.3) is 0 Å². The summed E-state index contributed by atoms with van der Waals surface area (Å²) in [4.78, 5) is 23.7. The highest BCUT2D eigenvalue weighted by Crippen LogP contribution is 2.23. The molecule has 0 radical (unpaired) electrons. The van der Waals surface area contributed by atoms with Crippen LogP contribution >= 0.6 is 0 Å². The van der Waals surface area contributed by atoms with Gasteiger partial charge in [-0.05, 0) is 46.0 Å². The molecule has 5 heteroatoms. The van der Waals surface area contributed by atoms with E-state index in [2.05, 4.69) is 0 Å². The molecule has 0 unspecified atom stereocenters. The van der Waals surface area contributed by atoms with Crippen molar-refractivity contribution in [2.75, 3.05) is 13.1 Å². The topological polar surface area (TPSA) is 46.6 Å². The van der Waals surface area contributed by atoms with Gasteiger partial charge in [0.15, 0.2) is 12.5 Å². The summed E-state index contributed by atoms with van der Waals surface area (Å²) in [7, 11) is 0. The first-order chi connectivity index (χ1) is 8.31. The van der Waals surface area contributed by atoms with Crippen molar-refractivity contribution in [1.82, 2.24) is 4.90 Å². The Morgan fingerprint density at radius 1 is 1.44 bits per heavy atom. The van der Waals surface area contributed by atoms with Crippen LogP contribution in [0.3, 0.4) is 0 Å². The van der Waals surface area contributed by atoms with Gasteiger partial charge in [0.1, 0.15) is 5.60 Å². The number of amides is 1. The molecule has 0 aliphatic carbocycles. The lowest BCUT2D eigenvalue weighted by Crippen LogP contribution is -2.42. The van der Waals surface area contributed by atoms with E-state index in [-0.39, 0.29) is 18.4 Å². The van der Waals surface area contributed by atoms with E-state index in [4.69, 9.17) is 4.74 Å². The minimum absolute atomic E-state index is 0.184. The lowest BCUT2D eigenvalue weighted by Gasteiger charge is -2.33. The van der Waals surface area contributed by atoms with E-state index >= 15 is 0 Å². The first kappa shape index (κ1) is 14.9. The highest BCUT2D eigenvalue weighted by molar-refractivity contribution is 5.68. The zero-order valence-electron chi connectivity index (χ0n) is 11.3. The number of carbonyl (C=O) groups is 2. The zero-order chi connectivity index (χ0) is 13.8. The SMILES string of the molecule is CC(C)(C)OC(=O)N1CCC(C[C@@H](F)C=O)CC1. The molecular weight excluding hydrogens is 237 g/mol. The molecule has 0 aromatic heterocycles. The average molecular weight is 259 g/mol. The summed E-state index contributed by atoms with van der Waals surface area (Å²) < 4.78 is 18.2. The highest BCUT2D eigenvalue weighted by Gasteiger charge is 2.27. The summed E-state index contributed by atoms with van der Waals surface area (Å²) in [5.74, 6) is 0.184. The van der Waals surface area contributed by atoms with Crippen LogP contribution in [-0.2, 0) is 9.53 Å². The van der Waals surface area contributed by atoms with Gasteiger partial charge >= 0.3 is 6.09 Å². The standard InChI is InChI=1S/C13H22FNO3/c1-13(2,3)18-12(17)15-6-4-10(5-7-15)8-11(14)9-16/h9-11H,4-8H2,1-3H3/t11-/m1/s1. The maximum atomic E-state index is 12.9. The maximum Gasteiger partial charge on any atom is 0.410 e. The molecule has 1 saturated heterocycles. The second-order valence-corrected chi connectivity index (χ2v) is 5.80. The van der Waals surface area contributed by atoms with E-state index in [1.54, 1.807) is 4.90 Å². The molecule has 0 bridgehead atoms. The highest BCUT2D eigenvalue weighted by atomic mass is 19.1. The number of aldehydes is 1. The van der Waals surface area contributed by atoms with E-state index < -0.39 is 11.8 Å². The van der Waals surface area contributed by atoms with Crippen LogP contribution in [0.15, 0.2) is 0 Å². The van der Waals surface area contributed by atoms with Gasteiger partial charge in [-0.1, -0.05) is 0 Å². The fourth-order valence-corrected chi connectivity index (χ4v) is 2.05.